The van der Waals surface area contributed by atoms with Crippen LogP contribution in [0, 0.1) is 50.2 Å². The fourth-order valence-electron chi connectivity index (χ4n) is 13.6. The SMILES string of the molecule is CC1(C)[C@@H](O[C@@H]2O[C@H](C(=O)O)[C@@H](O)[C@H](O)[C@H]2O)CC[C@]2(C)[C@H]3CC=C4[C@@H]5C[C@](C)(CO)CC[C@]5(C(=O)O[C@@H]5O[C@H](CO)[C@@H](O)[C@H](O)[C@H]5O)CC[C@@]4(C)[C@]3(C)CC[C@@H]12. The lowest BCUT2D eigenvalue weighted by molar-refractivity contribution is -0.324. The van der Waals surface area contributed by atoms with Gasteiger partial charge in [-0.2, -0.15) is 0 Å². The van der Waals surface area contributed by atoms with E-state index in [0.29, 0.717) is 38.5 Å². The second kappa shape index (κ2) is 14.7. The summed E-state index contributed by atoms with van der Waals surface area (Å²) in [4.78, 5) is 26.4. The van der Waals surface area contributed by atoms with Crippen molar-refractivity contribution < 1.29 is 74.5 Å². The molecular weight excluding hydrogens is 744 g/mol. The van der Waals surface area contributed by atoms with Crippen LogP contribution >= 0.6 is 0 Å². The van der Waals surface area contributed by atoms with Gasteiger partial charge in [-0.05, 0) is 109 Å². The molecule has 324 valence electrons. The van der Waals surface area contributed by atoms with Gasteiger partial charge in [-0.3, -0.25) is 4.79 Å². The van der Waals surface area contributed by atoms with Crippen molar-refractivity contribution in [3.8, 4) is 0 Å². The number of carbonyl (C=O) groups is 2. The zero-order valence-electron chi connectivity index (χ0n) is 34.1. The maximum Gasteiger partial charge on any atom is 0.335 e. The third kappa shape index (κ3) is 6.39. The topological polar surface area (TPSA) is 253 Å². The van der Waals surface area contributed by atoms with Crippen LogP contribution in [-0.4, -0.2) is 139 Å². The molecule has 2 saturated heterocycles. The third-order valence-corrected chi connectivity index (χ3v) is 17.4. The zero-order valence-corrected chi connectivity index (χ0v) is 34.1. The van der Waals surface area contributed by atoms with Crippen LogP contribution in [0.15, 0.2) is 11.6 Å². The Morgan fingerprint density at radius 2 is 1.40 bits per heavy atom. The summed E-state index contributed by atoms with van der Waals surface area (Å²) in [6.07, 6.45) is -7.44. The van der Waals surface area contributed by atoms with Crippen molar-refractivity contribution >= 4 is 11.9 Å². The van der Waals surface area contributed by atoms with Crippen molar-refractivity contribution in [3.05, 3.63) is 11.6 Å². The number of rotatable bonds is 7. The van der Waals surface area contributed by atoms with Crippen molar-refractivity contribution in [2.75, 3.05) is 13.2 Å². The number of aliphatic hydroxyl groups is 8. The normalized spacial score (nSPS) is 53.3. The predicted octanol–water partition coefficient (Wildman–Crippen LogP) is 1.38. The Balaban J connectivity index is 1.17. The van der Waals surface area contributed by atoms with Crippen molar-refractivity contribution in [1.82, 2.24) is 0 Å². The lowest BCUT2D eigenvalue weighted by Crippen LogP contribution is -2.66. The monoisotopic (exact) mass is 810 g/mol. The van der Waals surface area contributed by atoms with Crippen molar-refractivity contribution in [3.63, 3.8) is 0 Å². The van der Waals surface area contributed by atoms with Crippen LogP contribution < -0.4 is 0 Å². The molecule has 7 aliphatic rings. The lowest BCUT2D eigenvalue weighted by Gasteiger charge is -2.71. The minimum Gasteiger partial charge on any atom is -0.479 e. The quantitative estimate of drug-likeness (QED) is 0.100. The maximum absolute atomic E-state index is 14.6. The smallest absolute Gasteiger partial charge is 0.335 e. The summed E-state index contributed by atoms with van der Waals surface area (Å²) in [5.74, 6) is -1.85. The number of carboxylic acid groups (broad SMARTS) is 1. The number of hydrogen-bond acceptors (Lipinski definition) is 14. The average molecular weight is 811 g/mol. The maximum atomic E-state index is 14.6. The fraction of sp³-hybridized carbons (Fsp3) is 0.905. The lowest BCUT2D eigenvalue weighted by atomic mass is 9.33. The Kier molecular flexibility index (Phi) is 11.2. The van der Waals surface area contributed by atoms with E-state index in [4.69, 9.17) is 18.9 Å². The first-order valence-corrected chi connectivity index (χ1v) is 21.0. The molecule has 9 N–H and O–H groups in total. The summed E-state index contributed by atoms with van der Waals surface area (Å²) in [5, 5.41) is 93.1. The number of esters is 1. The minimum atomic E-state index is -1.80. The highest BCUT2D eigenvalue weighted by Crippen LogP contribution is 2.76. The Morgan fingerprint density at radius 1 is 0.754 bits per heavy atom. The molecule has 0 aromatic carbocycles. The summed E-state index contributed by atoms with van der Waals surface area (Å²) >= 11 is 0. The molecule has 6 fully saturated rings. The van der Waals surface area contributed by atoms with E-state index in [2.05, 4.69) is 47.6 Å². The van der Waals surface area contributed by atoms with E-state index < -0.39 is 102 Å². The van der Waals surface area contributed by atoms with E-state index >= 15 is 0 Å². The van der Waals surface area contributed by atoms with E-state index in [1.165, 1.54) is 5.57 Å². The molecule has 4 saturated carbocycles. The molecule has 15 heteroatoms. The first-order chi connectivity index (χ1) is 26.5. The van der Waals surface area contributed by atoms with E-state index in [9.17, 15) is 55.5 Å². The van der Waals surface area contributed by atoms with Crippen LogP contribution in [0.1, 0.15) is 106 Å². The molecule has 5 aliphatic carbocycles. The third-order valence-electron chi connectivity index (χ3n) is 17.4. The van der Waals surface area contributed by atoms with Gasteiger partial charge in [-0.1, -0.05) is 53.2 Å². The van der Waals surface area contributed by atoms with Crippen LogP contribution in [0.3, 0.4) is 0 Å². The van der Waals surface area contributed by atoms with Gasteiger partial charge in [0.1, 0.15) is 42.7 Å². The Hall–Kier alpha value is -1.76. The second-order valence-corrected chi connectivity index (χ2v) is 20.5. The molecule has 0 aromatic rings. The Morgan fingerprint density at radius 3 is 2.05 bits per heavy atom. The van der Waals surface area contributed by atoms with Gasteiger partial charge in [0.05, 0.1) is 18.1 Å². The number of ether oxygens (including phenoxy) is 4. The van der Waals surface area contributed by atoms with E-state index in [1.807, 2.05) is 0 Å². The van der Waals surface area contributed by atoms with Crippen molar-refractivity contribution in [1.29, 1.82) is 0 Å². The molecule has 0 amide bonds. The Labute approximate surface area is 334 Å². The van der Waals surface area contributed by atoms with E-state index in [1.54, 1.807) is 0 Å². The summed E-state index contributed by atoms with van der Waals surface area (Å²) in [6.45, 7) is 12.8. The molecule has 2 aliphatic heterocycles. The van der Waals surface area contributed by atoms with Gasteiger partial charge in [0.2, 0.25) is 6.29 Å². The average Bonchev–Trinajstić information content (AvgIpc) is 3.16. The number of carbonyl (C=O) groups excluding carboxylic acids is 1. The molecule has 19 atom stereocenters. The van der Waals surface area contributed by atoms with Crippen LogP contribution in [0.2, 0.25) is 0 Å². The standard InChI is InChI=1S/C42H66O15/c1-37(2)23-9-12-41(6)24(39(23,4)11-10-25(37)55-35-31(50)28(47)29(48)32(56-35)33(51)52)8-7-20-21-17-38(3,19-44)13-15-42(21,16-14-40(20,41)5)36(53)57-34-30(49)27(46)26(45)22(18-43)54-34/h7,21-32,34-35,43-50H,8-19H2,1-6H3,(H,51,52)/t21-,22+,23-,24+,25-,26+,27-,28-,29-,30+,31+,32-,34-,35+,38+,39-,40+,41+,42-/m0/s1. The van der Waals surface area contributed by atoms with Crippen LogP contribution in [-0.2, 0) is 28.5 Å². The highest BCUT2D eigenvalue weighted by Gasteiger charge is 2.70. The summed E-state index contributed by atoms with van der Waals surface area (Å²) in [6, 6.07) is 0. The molecule has 0 aromatic heterocycles. The molecule has 0 unspecified atom stereocenters. The second-order valence-electron chi connectivity index (χ2n) is 20.5. The molecule has 0 radical (unpaired) electrons. The molecule has 0 spiro atoms. The zero-order chi connectivity index (χ0) is 41.8. The largest absolute Gasteiger partial charge is 0.479 e. The van der Waals surface area contributed by atoms with Crippen molar-refractivity contribution in [2.24, 2.45) is 50.2 Å². The number of aliphatic hydroxyl groups excluding tert-OH is 8. The molecular formula is C42H66O15. The predicted molar refractivity (Wildman–Crippen MR) is 200 cm³/mol. The number of aliphatic carboxylic acids is 1. The van der Waals surface area contributed by atoms with Crippen molar-refractivity contribution in [2.45, 2.75) is 173 Å². The van der Waals surface area contributed by atoms with Gasteiger partial charge in [0.25, 0.3) is 0 Å². The molecule has 57 heavy (non-hydrogen) atoms. The number of hydrogen-bond donors (Lipinski definition) is 9. The van der Waals surface area contributed by atoms with Gasteiger partial charge >= 0.3 is 11.9 Å². The molecule has 0 bridgehead atoms. The minimum absolute atomic E-state index is 0.0390. The Bertz CT molecular complexity index is 1590. The first kappa shape index (κ1) is 43.3. The highest BCUT2D eigenvalue weighted by atomic mass is 16.7. The van der Waals surface area contributed by atoms with Gasteiger partial charge in [0, 0.05) is 6.61 Å². The van der Waals surface area contributed by atoms with E-state index in [0.717, 1.165) is 25.7 Å². The first-order valence-electron chi connectivity index (χ1n) is 21.0. The van der Waals surface area contributed by atoms with Crippen LogP contribution in [0.25, 0.3) is 0 Å². The van der Waals surface area contributed by atoms with E-state index in [-0.39, 0.29) is 40.6 Å². The summed E-state index contributed by atoms with van der Waals surface area (Å²) in [5.41, 5.74) is -1.28. The molecule has 7 rings (SSSR count). The molecule has 15 nitrogen and oxygen atoms in total. The van der Waals surface area contributed by atoms with Gasteiger partial charge in [0.15, 0.2) is 12.4 Å². The number of allylic oxidation sites excluding steroid dienone is 2. The fourth-order valence-corrected chi connectivity index (χ4v) is 13.6. The van der Waals surface area contributed by atoms with Gasteiger partial charge in [-0.25, -0.2) is 4.79 Å². The van der Waals surface area contributed by atoms with Gasteiger partial charge < -0.3 is 64.9 Å². The molecule has 2 heterocycles. The van der Waals surface area contributed by atoms with Crippen LogP contribution in [0.4, 0.5) is 0 Å². The number of fused-ring (bicyclic) bond motifs is 7. The van der Waals surface area contributed by atoms with Gasteiger partial charge in [-0.15, -0.1) is 0 Å². The summed E-state index contributed by atoms with van der Waals surface area (Å²) < 4.78 is 23.5. The van der Waals surface area contributed by atoms with Crippen LogP contribution in [0.5, 0.6) is 0 Å². The highest BCUT2D eigenvalue weighted by molar-refractivity contribution is 5.79. The summed E-state index contributed by atoms with van der Waals surface area (Å²) in [7, 11) is 0. The number of carboxylic acids is 1.